The van der Waals surface area contributed by atoms with Crippen molar-refractivity contribution in [3.05, 3.63) is 49.9 Å². The molecule has 9 heteroatoms. The molecule has 2 aromatic rings. The molecule has 0 radical (unpaired) electrons. The molecule has 0 atom stereocenters. The molecule has 0 aliphatic carbocycles. The van der Waals surface area contributed by atoms with E-state index in [1.807, 2.05) is 24.0 Å². The van der Waals surface area contributed by atoms with Gasteiger partial charge in [-0.2, -0.15) is 0 Å². The summed E-state index contributed by atoms with van der Waals surface area (Å²) in [7, 11) is 1.52. The number of methoxy groups -OCH3 is 1. The fourth-order valence-electron chi connectivity index (χ4n) is 3.58. The summed E-state index contributed by atoms with van der Waals surface area (Å²) in [4.78, 5) is 29.4. The monoisotopic (exact) mass is 571 g/mol. The minimum atomic E-state index is -0.306. The highest BCUT2D eigenvalue weighted by atomic mass is 79.9. The van der Waals surface area contributed by atoms with Crippen LogP contribution >= 0.6 is 43.5 Å². The number of carbonyl (C=O) groups is 2. The first-order chi connectivity index (χ1) is 14.8. The number of carbonyl (C=O) groups excluding carboxylic acids is 2. The summed E-state index contributed by atoms with van der Waals surface area (Å²) in [6.45, 7) is 4.69. The van der Waals surface area contributed by atoms with Crippen LogP contribution in [0.2, 0.25) is 5.02 Å². The van der Waals surface area contributed by atoms with Gasteiger partial charge in [0.2, 0.25) is 5.91 Å². The van der Waals surface area contributed by atoms with Gasteiger partial charge in [0.1, 0.15) is 5.75 Å². The molecule has 1 fully saturated rings. The zero-order valence-electron chi connectivity index (χ0n) is 17.4. The Morgan fingerprint density at radius 1 is 1.13 bits per heavy atom. The van der Waals surface area contributed by atoms with Crippen molar-refractivity contribution in [1.82, 2.24) is 4.90 Å². The molecule has 0 aromatic heterocycles. The maximum absolute atomic E-state index is 13.1. The van der Waals surface area contributed by atoms with E-state index in [1.165, 1.54) is 7.11 Å². The number of hydrogen-bond acceptors (Lipinski definition) is 4. The molecule has 1 heterocycles. The molecular weight excluding hydrogens is 550 g/mol. The molecule has 0 saturated carbocycles. The van der Waals surface area contributed by atoms with Gasteiger partial charge >= 0.3 is 0 Å². The molecule has 2 amide bonds. The number of rotatable bonds is 6. The van der Waals surface area contributed by atoms with E-state index >= 15 is 0 Å². The molecule has 0 unspecified atom stereocenters. The van der Waals surface area contributed by atoms with Crippen molar-refractivity contribution in [3.63, 3.8) is 0 Å². The molecule has 1 aliphatic heterocycles. The van der Waals surface area contributed by atoms with Crippen LogP contribution in [-0.4, -0.2) is 50.0 Å². The summed E-state index contributed by atoms with van der Waals surface area (Å²) < 4.78 is 6.84. The van der Waals surface area contributed by atoms with E-state index in [2.05, 4.69) is 42.1 Å². The fraction of sp³-hybridized carbons (Fsp3) is 0.364. The second-order valence-corrected chi connectivity index (χ2v) is 9.41. The van der Waals surface area contributed by atoms with Crippen LogP contribution in [0, 0.1) is 0 Å². The number of amides is 2. The van der Waals surface area contributed by atoms with Crippen LogP contribution < -0.4 is 15.0 Å². The van der Waals surface area contributed by atoms with Gasteiger partial charge in [-0.1, -0.05) is 34.5 Å². The summed E-state index contributed by atoms with van der Waals surface area (Å²) >= 11 is 13.1. The molecule has 3 rings (SSSR count). The second-order valence-electron chi connectivity index (χ2n) is 7.20. The van der Waals surface area contributed by atoms with E-state index in [9.17, 15) is 9.59 Å². The number of anilines is 2. The topological polar surface area (TPSA) is 61.9 Å². The highest BCUT2D eigenvalue weighted by Crippen LogP contribution is 2.35. The number of hydrogen-bond donors (Lipinski definition) is 1. The largest absolute Gasteiger partial charge is 0.495 e. The van der Waals surface area contributed by atoms with Gasteiger partial charge < -0.3 is 19.9 Å². The molecule has 2 aromatic carbocycles. The number of nitrogens with zero attached hydrogens (tertiary/aromatic N) is 2. The summed E-state index contributed by atoms with van der Waals surface area (Å²) in [6.07, 6.45) is 1.42. The lowest BCUT2D eigenvalue weighted by Gasteiger charge is -2.37. The van der Waals surface area contributed by atoms with Gasteiger partial charge in [-0.15, -0.1) is 0 Å². The van der Waals surface area contributed by atoms with E-state index < -0.39 is 0 Å². The lowest BCUT2D eigenvalue weighted by atomic mass is 10.1. The van der Waals surface area contributed by atoms with Gasteiger partial charge in [-0.05, 0) is 52.7 Å². The molecule has 1 N–H and O–H groups in total. The van der Waals surface area contributed by atoms with Crippen molar-refractivity contribution < 1.29 is 14.3 Å². The Kier molecular flexibility index (Phi) is 8.24. The fourth-order valence-corrected chi connectivity index (χ4v) is 5.14. The maximum Gasteiger partial charge on any atom is 0.259 e. The van der Waals surface area contributed by atoms with E-state index in [0.717, 1.165) is 16.6 Å². The predicted molar refractivity (Wildman–Crippen MR) is 132 cm³/mol. The van der Waals surface area contributed by atoms with Crippen LogP contribution in [0.25, 0.3) is 0 Å². The number of nitrogens with one attached hydrogen (secondary N) is 1. The molecule has 31 heavy (non-hydrogen) atoms. The highest BCUT2D eigenvalue weighted by molar-refractivity contribution is 9.11. The first-order valence-corrected chi connectivity index (χ1v) is 12.0. The standard InChI is InChI=1S/C22H24Br2ClN3O3/c1-3-4-20(29)28-9-7-27(8-10-28)19-6-5-15(25)13-18(19)26-22(30)16-11-14(23)12-17(24)21(16)31-2/h5-6,11-13H,3-4,7-10H2,1-2H3,(H,26,30). The average molecular weight is 574 g/mol. The maximum atomic E-state index is 13.1. The Balaban J connectivity index is 1.82. The molecule has 166 valence electrons. The predicted octanol–water partition coefficient (Wildman–Crippen LogP) is 5.57. The van der Waals surface area contributed by atoms with Crippen LogP contribution in [0.3, 0.4) is 0 Å². The Bertz CT molecular complexity index is 979. The summed E-state index contributed by atoms with van der Waals surface area (Å²) in [6, 6.07) is 8.97. The van der Waals surface area contributed by atoms with Gasteiger partial charge in [0.25, 0.3) is 5.91 Å². The quantitative estimate of drug-likeness (QED) is 0.491. The van der Waals surface area contributed by atoms with Crippen molar-refractivity contribution in [2.75, 3.05) is 43.5 Å². The van der Waals surface area contributed by atoms with Crippen molar-refractivity contribution in [2.45, 2.75) is 19.8 Å². The number of halogens is 3. The third kappa shape index (κ3) is 5.73. The smallest absolute Gasteiger partial charge is 0.259 e. The Morgan fingerprint density at radius 3 is 2.48 bits per heavy atom. The molecule has 6 nitrogen and oxygen atoms in total. The SMILES string of the molecule is CCCC(=O)N1CCN(c2ccc(Cl)cc2NC(=O)c2cc(Br)cc(Br)c2OC)CC1. The van der Waals surface area contributed by atoms with Gasteiger partial charge in [-0.25, -0.2) is 0 Å². The van der Waals surface area contributed by atoms with E-state index in [0.29, 0.717) is 59.1 Å². The first kappa shape index (κ1) is 23.9. The average Bonchev–Trinajstić information content (AvgIpc) is 2.73. The van der Waals surface area contributed by atoms with Gasteiger partial charge in [0.15, 0.2) is 0 Å². The Hall–Kier alpha value is -1.77. The molecule has 0 bridgehead atoms. The first-order valence-electron chi connectivity index (χ1n) is 10.0. The van der Waals surface area contributed by atoms with Crippen LogP contribution in [0.15, 0.2) is 39.3 Å². The van der Waals surface area contributed by atoms with Crippen LogP contribution in [0.1, 0.15) is 30.1 Å². The van der Waals surface area contributed by atoms with E-state index in [4.69, 9.17) is 16.3 Å². The Labute approximate surface area is 204 Å². The third-order valence-corrected chi connectivity index (χ3v) is 6.38. The van der Waals surface area contributed by atoms with Crippen LogP contribution in [0.5, 0.6) is 5.75 Å². The Morgan fingerprint density at radius 2 is 1.84 bits per heavy atom. The molecule has 0 spiro atoms. The van der Waals surface area contributed by atoms with Crippen molar-refractivity contribution in [2.24, 2.45) is 0 Å². The van der Waals surface area contributed by atoms with Crippen molar-refractivity contribution >= 4 is 66.6 Å². The van der Waals surface area contributed by atoms with Gasteiger partial charge in [-0.3, -0.25) is 9.59 Å². The minimum Gasteiger partial charge on any atom is -0.495 e. The summed E-state index contributed by atoms with van der Waals surface area (Å²) in [5.74, 6) is 0.338. The third-order valence-electron chi connectivity index (χ3n) is 5.10. The highest BCUT2D eigenvalue weighted by Gasteiger charge is 2.24. The van der Waals surface area contributed by atoms with Crippen molar-refractivity contribution in [1.29, 1.82) is 0 Å². The van der Waals surface area contributed by atoms with E-state index in [1.54, 1.807) is 18.2 Å². The number of ether oxygens (including phenoxy) is 1. The van der Waals surface area contributed by atoms with Crippen LogP contribution in [-0.2, 0) is 4.79 Å². The zero-order valence-corrected chi connectivity index (χ0v) is 21.3. The normalized spacial score (nSPS) is 13.8. The molecular formula is C22H24Br2ClN3O3. The zero-order chi connectivity index (χ0) is 22.5. The number of piperazine rings is 1. The number of benzene rings is 2. The lowest BCUT2D eigenvalue weighted by Crippen LogP contribution is -2.48. The lowest BCUT2D eigenvalue weighted by molar-refractivity contribution is -0.131. The molecule has 1 aliphatic rings. The summed E-state index contributed by atoms with van der Waals surface area (Å²) in [5, 5.41) is 3.51. The summed E-state index contributed by atoms with van der Waals surface area (Å²) in [5.41, 5.74) is 1.88. The minimum absolute atomic E-state index is 0.194. The van der Waals surface area contributed by atoms with Crippen LogP contribution in [0.4, 0.5) is 11.4 Å². The van der Waals surface area contributed by atoms with Gasteiger partial charge in [0.05, 0.1) is 28.5 Å². The molecule has 1 saturated heterocycles. The van der Waals surface area contributed by atoms with Crippen molar-refractivity contribution in [3.8, 4) is 5.75 Å². The second kappa shape index (κ2) is 10.7. The van der Waals surface area contributed by atoms with E-state index in [-0.39, 0.29) is 11.8 Å². The van der Waals surface area contributed by atoms with Gasteiger partial charge in [0, 0.05) is 42.1 Å².